The van der Waals surface area contributed by atoms with Gasteiger partial charge in [-0.05, 0) is 45.4 Å². The van der Waals surface area contributed by atoms with Gasteiger partial charge in [0.05, 0.1) is 0 Å². The van der Waals surface area contributed by atoms with Gasteiger partial charge in [-0.1, -0.05) is 6.58 Å². The topological polar surface area (TPSA) is 55.8 Å². The Morgan fingerprint density at radius 1 is 1.35 bits per heavy atom. The average Bonchev–Trinajstić information content (AvgIpc) is 2.25. The number of rotatable bonds is 9. The van der Waals surface area contributed by atoms with Crippen molar-refractivity contribution in [1.82, 2.24) is 0 Å². The number of aliphatic hydroxyl groups is 1. The fourth-order valence-corrected chi connectivity index (χ4v) is 4.00. The first kappa shape index (κ1) is 16.5. The first-order valence-corrected chi connectivity index (χ1v) is 8.54. The number of carbonyl (C=O) groups is 1. The number of ketones is 1. The molecule has 0 saturated heterocycles. The van der Waals surface area contributed by atoms with Gasteiger partial charge in [-0.2, -0.15) is 0 Å². The van der Waals surface area contributed by atoms with Gasteiger partial charge < -0.3 is 14.0 Å². The van der Waals surface area contributed by atoms with E-state index in [0.717, 1.165) is 0 Å². The number of carbonyl (C=O) groups excluding carboxylic acids is 1. The Hall–Kier alpha value is -0.493. The molecule has 100 valence electrons. The summed E-state index contributed by atoms with van der Waals surface area (Å²) in [5.41, 5.74) is 0.383. The molecule has 0 radical (unpaired) electrons. The SMILES string of the molecule is C=C(C)C(=O)C(O)CC[Si](C)(OCC)OCC. The minimum Gasteiger partial charge on any atom is -0.395 e. The largest absolute Gasteiger partial charge is 0.395 e. The highest BCUT2D eigenvalue weighted by atomic mass is 28.4. The van der Waals surface area contributed by atoms with E-state index in [1.54, 1.807) is 6.92 Å². The van der Waals surface area contributed by atoms with Gasteiger partial charge in [0.1, 0.15) is 6.10 Å². The van der Waals surface area contributed by atoms with E-state index in [4.69, 9.17) is 8.85 Å². The highest BCUT2D eigenvalue weighted by Crippen LogP contribution is 2.18. The molecule has 0 spiro atoms. The lowest BCUT2D eigenvalue weighted by molar-refractivity contribution is -0.123. The third-order valence-corrected chi connectivity index (χ3v) is 5.49. The van der Waals surface area contributed by atoms with Crippen molar-refractivity contribution >= 4 is 14.3 Å². The summed E-state index contributed by atoms with van der Waals surface area (Å²) in [5, 5.41) is 9.69. The Morgan fingerprint density at radius 3 is 2.18 bits per heavy atom. The van der Waals surface area contributed by atoms with Crippen molar-refractivity contribution < 1.29 is 18.8 Å². The molecule has 17 heavy (non-hydrogen) atoms. The molecule has 0 amide bonds. The Morgan fingerprint density at radius 2 is 1.82 bits per heavy atom. The summed E-state index contributed by atoms with van der Waals surface area (Å²) in [6.07, 6.45) is -0.616. The molecular formula is C12H24O4Si. The van der Waals surface area contributed by atoms with Gasteiger partial charge in [0.15, 0.2) is 5.78 Å². The summed E-state index contributed by atoms with van der Waals surface area (Å²) in [6, 6.07) is 0.606. The molecule has 0 rings (SSSR count). The molecule has 1 N–H and O–H groups in total. The second-order valence-electron chi connectivity index (χ2n) is 4.20. The first-order chi connectivity index (χ1) is 7.86. The van der Waals surface area contributed by atoms with Crippen molar-refractivity contribution in [2.45, 2.75) is 45.9 Å². The highest BCUT2D eigenvalue weighted by Gasteiger charge is 2.32. The zero-order chi connectivity index (χ0) is 13.5. The summed E-state index contributed by atoms with van der Waals surface area (Å²) in [7, 11) is -2.23. The summed E-state index contributed by atoms with van der Waals surface area (Å²) >= 11 is 0. The number of hydrogen-bond donors (Lipinski definition) is 1. The zero-order valence-electron chi connectivity index (χ0n) is 11.3. The van der Waals surface area contributed by atoms with Crippen molar-refractivity contribution in [3.8, 4) is 0 Å². The van der Waals surface area contributed by atoms with Gasteiger partial charge in [-0.15, -0.1) is 0 Å². The fraction of sp³-hybridized carbons (Fsp3) is 0.750. The molecular weight excluding hydrogens is 236 g/mol. The van der Waals surface area contributed by atoms with Crippen LogP contribution in [0.2, 0.25) is 12.6 Å². The summed E-state index contributed by atoms with van der Waals surface area (Å²) in [5.74, 6) is -0.297. The Bertz CT molecular complexity index is 259. The van der Waals surface area contributed by atoms with Crippen LogP contribution in [0.4, 0.5) is 0 Å². The van der Waals surface area contributed by atoms with Crippen LogP contribution in [-0.4, -0.2) is 38.8 Å². The molecule has 0 aliphatic rings. The van der Waals surface area contributed by atoms with E-state index in [0.29, 0.717) is 31.3 Å². The van der Waals surface area contributed by atoms with E-state index in [1.165, 1.54) is 0 Å². The van der Waals surface area contributed by atoms with Gasteiger partial charge in [-0.3, -0.25) is 4.79 Å². The van der Waals surface area contributed by atoms with E-state index in [1.807, 2.05) is 20.4 Å². The Balaban J connectivity index is 4.30. The fourth-order valence-electron chi connectivity index (χ4n) is 1.61. The van der Waals surface area contributed by atoms with Gasteiger partial charge >= 0.3 is 8.56 Å². The maximum Gasteiger partial charge on any atom is 0.335 e. The molecule has 0 saturated carbocycles. The van der Waals surface area contributed by atoms with Crippen LogP contribution in [0.3, 0.4) is 0 Å². The van der Waals surface area contributed by atoms with E-state index in [-0.39, 0.29) is 5.78 Å². The molecule has 1 unspecified atom stereocenters. The summed E-state index contributed by atoms with van der Waals surface area (Å²) in [6.45, 7) is 12.1. The molecule has 0 bridgehead atoms. The molecule has 5 heteroatoms. The molecule has 0 aromatic heterocycles. The van der Waals surface area contributed by atoms with Crippen molar-refractivity contribution in [3.05, 3.63) is 12.2 Å². The maximum atomic E-state index is 11.5. The molecule has 0 aliphatic heterocycles. The minimum atomic E-state index is -2.23. The van der Waals surface area contributed by atoms with Gasteiger partial charge in [0.2, 0.25) is 0 Å². The third kappa shape index (κ3) is 6.12. The van der Waals surface area contributed by atoms with E-state index in [2.05, 4.69) is 6.58 Å². The van der Waals surface area contributed by atoms with Crippen LogP contribution in [0, 0.1) is 0 Å². The molecule has 1 atom stereocenters. The van der Waals surface area contributed by atoms with Crippen LogP contribution in [0.5, 0.6) is 0 Å². The number of hydrogen-bond acceptors (Lipinski definition) is 4. The van der Waals surface area contributed by atoms with Crippen molar-refractivity contribution in [1.29, 1.82) is 0 Å². The number of Topliss-reactive ketones (excluding diaryl/α,β-unsaturated/α-hetero) is 1. The van der Waals surface area contributed by atoms with Crippen molar-refractivity contribution in [2.75, 3.05) is 13.2 Å². The second kappa shape index (κ2) is 7.76. The van der Waals surface area contributed by atoms with Gasteiger partial charge in [0, 0.05) is 13.2 Å². The Labute approximate surface area is 105 Å². The molecule has 4 nitrogen and oxygen atoms in total. The van der Waals surface area contributed by atoms with Gasteiger partial charge in [-0.25, -0.2) is 0 Å². The number of aliphatic hydroxyl groups excluding tert-OH is 1. The zero-order valence-corrected chi connectivity index (χ0v) is 12.3. The molecule has 0 aromatic rings. The van der Waals surface area contributed by atoms with Crippen LogP contribution in [-0.2, 0) is 13.6 Å². The molecule has 0 heterocycles. The van der Waals surface area contributed by atoms with Crippen LogP contribution >= 0.6 is 0 Å². The predicted molar refractivity (Wildman–Crippen MR) is 70.1 cm³/mol. The van der Waals surface area contributed by atoms with Crippen LogP contribution in [0.1, 0.15) is 27.2 Å². The molecule has 0 aromatic carbocycles. The van der Waals surface area contributed by atoms with E-state index in [9.17, 15) is 9.90 Å². The van der Waals surface area contributed by atoms with Crippen LogP contribution in [0.25, 0.3) is 0 Å². The van der Waals surface area contributed by atoms with Crippen molar-refractivity contribution in [3.63, 3.8) is 0 Å². The predicted octanol–water partition coefficient (Wildman–Crippen LogP) is 2.03. The maximum absolute atomic E-state index is 11.5. The highest BCUT2D eigenvalue weighted by molar-refractivity contribution is 6.66. The third-order valence-electron chi connectivity index (χ3n) is 2.49. The lowest BCUT2D eigenvalue weighted by atomic mass is 10.1. The molecule has 0 fully saturated rings. The van der Waals surface area contributed by atoms with Crippen molar-refractivity contribution in [2.24, 2.45) is 0 Å². The Kier molecular flexibility index (Phi) is 7.54. The molecule has 0 aliphatic carbocycles. The normalized spacial score (nSPS) is 13.5. The second-order valence-corrected chi connectivity index (χ2v) is 7.54. The van der Waals surface area contributed by atoms with Crippen LogP contribution in [0.15, 0.2) is 12.2 Å². The summed E-state index contributed by atoms with van der Waals surface area (Å²) < 4.78 is 11.3. The van der Waals surface area contributed by atoms with Crippen LogP contribution < -0.4 is 0 Å². The average molecular weight is 260 g/mol. The smallest absolute Gasteiger partial charge is 0.335 e. The lowest BCUT2D eigenvalue weighted by Crippen LogP contribution is -2.40. The lowest BCUT2D eigenvalue weighted by Gasteiger charge is -2.26. The minimum absolute atomic E-state index is 0.297. The van der Waals surface area contributed by atoms with E-state index < -0.39 is 14.7 Å². The summed E-state index contributed by atoms with van der Waals surface area (Å²) in [4.78, 5) is 11.5. The standard InChI is InChI=1S/C12H24O4Si/c1-6-15-17(5,16-7-2)9-8-11(13)12(14)10(3)4/h11,13H,3,6-9H2,1-2,4-5H3. The quantitative estimate of drug-likeness (QED) is 0.509. The monoisotopic (exact) mass is 260 g/mol. The van der Waals surface area contributed by atoms with E-state index >= 15 is 0 Å². The van der Waals surface area contributed by atoms with Gasteiger partial charge in [0.25, 0.3) is 0 Å². The first-order valence-electron chi connectivity index (χ1n) is 6.02.